The molecule has 0 heterocycles. The van der Waals surface area contributed by atoms with E-state index in [2.05, 4.69) is 10.6 Å². The number of carboxylic acids is 1. The van der Waals surface area contributed by atoms with E-state index in [-0.39, 0.29) is 32.0 Å². The molecule has 2 amide bonds. The second-order valence-electron chi connectivity index (χ2n) is 8.28. The average Bonchev–Trinajstić information content (AvgIpc) is 3.13. The van der Waals surface area contributed by atoms with Crippen molar-refractivity contribution in [1.29, 1.82) is 0 Å². The summed E-state index contributed by atoms with van der Waals surface area (Å²) in [5.74, 6) is -1.86. The third-order valence-corrected chi connectivity index (χ3v) is 6.14. The third-order valence-electron chi connectivity index (χ3n) is 6.14. The van der Waals surface area contributed by atoms with Crippen LogP contribution in [0, 0.1) is 0 Å². The van der Waals surface area contributed by atoms with Gasteiger partial charge in [-0.2, -0.15) is 0 Å². The van der Waals surface area contributed by atoms with Gasteiger partial charge in [0.25, 0.3) is 0 Å². The quantitative estimate of drug-likeness (QED) is 0.508. The summed E-state index contributed by atoms with van der Waals surface area (Å²) in [4.78, 5) is 36.9. The molecule has 8 nitrogen and oxygen atoms in total. The van der Waals surface area contributed by atoms with Crippen LogP contribution in [0.25, 0.3) is 11.1 Å². The number of nitrogens with one attached hydrogen (secondary N) is 2. The highest BCUT2D eigenvalue weighted by Gasteiger charge is 2.36. The molecule has 8 heteroatoms. The Morgan fingerprint density at radius 1 is 1.06 bits per heavy atom. The van der Waals surface area contributed by atoms with E-state index < -0.39 is 29.6 Å². The number of carboxylic acid groups (broad SMARTS) is 1. The lowest BCUT2D eigenvalue weighted by atomic mass is 9.98. The number of amides is 2. The van der Waals surface area contributed by atoms with Crippen LogP contribution in [0.5, 0.6) is 0 Å². The molecule has 1 aliphatic carbocycles. The zero-order valence-corrected chi connectivity index (χ0v) is 19.1. The number of carbonyl (C=O) groups is 3. The number of benzene rings is 2. The van der Waals surface area contributed by atoms with Crippen molar-refractivity contribution < 1.29 is 29.0 Å². The van der Waals surface area contributed by atoms with Gasteiger partial charge in [-0.05, 0) is 35.6 Å². The number of alkyl carbamates (subject to hydrolysis) is 1. The van der Waals surface area contributed by atoms with Crippen molar-refractivity contribution in [2.75, 3.05) is 20.3 Å². The molecule has 2 unspecified atom stereocenters. The number of aliphatic carboxylic acids is 1. The SMILES string of the molecule is CCC(C)(NC(=O)C(CCOC)NC(=O)OCC1c2ccccc2-c2ccccc21)C(=O)O. The van der Waals surface area contributed by atoms with E-state index in [1.165, 1.54) is 14.0 Å². The van der Waals surface area contributed by atoms with Crippen LogP contribution in [-0.4, -0.2) is 55.0 Å². The van der Waals surface area contributed by atoms with Crippen molar-refractivity contribution in [3.05, 3.63) is 59.7 Å². The van der Waals surface area contributed by atoms with Gasteiger partial charge in [0.05, 0.1) is 0 Å². The normalized spacial score (nSPS) is 15.0. The first-order valence-electron chi connectivity index (χ1n) is 11.0. The molecule has 2 aromatic rings. The molecule has 2 aromatic carbocycles. The number of ether oxygens (including phenoxy) is 2. The molecule has 3 N–H and O–H groups in total. The van der Waals surface area contributed by atoms with Gasteiger partial charge in [-0.25, -0.2) is 9.59 Å². The molecular weight excluding hydrogens is 424 g/mol. The first kappa shape index (κ1) is 24.3. The van der Waals surface area contributed by atoms with E-state index in [0.29, 0.717) is 0 Å². The summed E-state index contributed by atoms with van der Waals surface area (Å²) in [7, 11) is 1.48. The van der Waals surface area contributed by atoms with Crippen molar-refractivity contribution >= 4 is 18.0 Å². The molecule has 0 spiro atoms. The fourth-order valence-corrected chi connectivity index (χ4v) is 3.94. The fraction of sp³-hybridized carbons (Fsp3) is 0.400. The predicted molar refractivity (Wildman–Crippen MR) is 123 cm³/mol. The molecule has 0 saturated heterocycles. The van der Waals surface area contributed by atoms with Gasteiger partial charge in [0.15, 0.2) is 0 Å². The number of carbonyl (C=O) groups excluding carboxylic acids is 2. The van der Waals surface area contributed by atoms with Gasteiger partial charge < -0.3 is 25.2 Å². The minimum Gasteiger partial charge on any atom is -0.480 e. The molecule has 0 fully saturated rings. The minimum absolute atomic E-state index is 0.107. The fourth-order valence-electron chi connectivity index (χ4n) is 3.94. The van der Waals surface area contributed by atoms with Crippen LogP contribution in [0.4, 0.5) is 4.79 Å². The maximum Gasteiger partial charge on any atom is 0.407 e. The van der Waals surface area contributed by atoms with Crippen molar-refractivity contribution in [2.45, 2.75) is 44.2 Å². The van der Waals surface area contributed by atoms with Crippen LogP contribution in [0.15, 0.2) is 48.5 Å². The van der Waals surface area contributed by atoms with Gasteiger partial charge in [0.2, 0.25) is 5.91 Å². The summed E-state index contributed by atoms with van der Waals surface area (Å²) in [6, 6.07) is 15.0. The van der Waals surface area contributed by atoms with Crippen LogP contribution in [0.2, 0.25) is 0 Å². The Morgan fingerprint density at radius 2 is 1.64 bits per heavy atom. The van der Waals surface area contributed by atoms with Crippen LogP contribution in [-0.2, 0) is 19.1 Å². The Labute approximate surface area is 193 Å². The summed E-state index contributed by atoms with van der Waals surface area (Å²) in [5, 5.41) is 14.5. The van der Waals surface area contributed by atoms with Crippen LogP contribution in [0.3, 0.4) is 0 Å². The molecule has 0 bridgehead atoms. The van der Waals surface area contributed by atoms with Crippen molar-refractivity contribution in [1.82, 2.24) is 10.6 Å². The van der Waals surface area contributed by atoms with Gasteiger partial charge in [0, 0.05) is 26.1 Å². The lowest BCUT2D eigenvalue weighted by molar-refractivity contribution is -0.147. The molecule has 2 atom stereocenters. The number of rotatable bonds is 10. The first-order chi connectivity index (χ1) is 15.8. The van der Waals surface area contributed by atoms with Crippen molar-refractivity contribution in [3.8, 4) is 11.1 Å². The number of hydrogen-bond acceptors (Lipinski definition) is 5. The Balaban J connectivity index is 1.67. The Morgan fingerprint density at radius 3 is 2.15 bits per heavy atom. The molecule has 3 rings (SSSR count). The Bertz CT molecular complexity index is 978. The molecule has 0 aromatic heterocycles. The standard InChI is InChI=1S/C25H30N2O6/c1-4-25(2,23(29)30)27-22(28)21(13-14-32-3)26-24(31)33-15-20-18-11-7-5-9-16(18)17-10-6-8-12-19(17)20/h5-12,20-21H,4,13-15H2,1-3H3,(H,26,31)(H,27,28)(H,29,30). The van der Waals surface area contributed by atoms with E-state index in [0.717, 1.165) is 22.3 Å². The maximum absolute atomic E-state index is 12.8. The predicted octanol–water partition coefficient (Wildman–Crippen LogP) is 3.30. The van der Waals surface area contributed by atoms with E-state index in [4.69, 9.17) is 9.47 Å². The molecule has 176 valence electrons. The summed E-state index contributed by atoms with van der Waals surface area (Å²) >= 11 is 0. The van der Waals surface area contributed by atoms with Gasteiger partial charge in [0.1, 0.15) is 18.2 Å². The smallest absolute Gasteiger partial charge is 0.407 e. The topological polar surface area (TPSA) is 114 Å². The molecule has 1 aliphatic rings. The maximum atomic E-state index is 12.8. The highest BCUT2D eigenvalue weighted by Crippen LogP contribution is 2.44. The summed E-state index contributed by atoms with van der Waals surface area (Å²) in [5.41, 5.74) is 2.96. The van der Waals surface area contributed by atoms with Gasteiger partial charge >= 0.3 is 12.1 Å². The second kappa shape index (κ2) is 10.5. The number of fused-ring (bicyclic) bond motifs is 3. The summed E-state index contributed by atoms with van der Waals surface area (Å²) < 4.78 is 10.6. The molecular formula is C25H30N2O6. The zero-order chi connectivity index (χ0) is 24.0. The monoisotopic (exact) mass is 454 g/mol. The van der Waals surface area contributed by atoms with E-state index in [1.54, 1.807) is 6.92 Å². The van der Waals surface area contributed by atoms with Gasteiger partial charge in [-0.1, -0.05) is 55.5 Å². The largest absolute Gasteiger partial charge is 0.480 e. The Hall–Kier alpha value is -3.39. The number of hydrogen-bond donors (Lipinski definition) is 3. The lowest BCUT2D eigenvalue weighted by Gasteiger charge is -2.27. The van der Waals surface area contributed by atoms with Crippen LogP contribution < -0.4 is 10.6 Å². The first-order valence-corrected chi connectivity index (χ1v) is 11.0. The van der Waals surface area contributed by atoms with Gasteiger partial charge in [-0.15, -0.1) is 0 Å². The second-order valence-corrected chi connectivity index (χ2v) is 8.28. The van der Waals surface area contributed by atoms with E-state index in [9.17, 15) is 19.5 Å². The van der Waals surface area contributed by atoms with Crippen molar-refractivity contribution in [3.63, 3.8) is 0 Å². The highest BCUT2D eigenvalue weighted by molar-refractivity contribution is 5.91. The minimum atomic E-state index is -1.44. The van der Waals surface area contributed by atoms with Crippen LogP contribution in [0.1, 0.15) is 43.7 Å². The van der Waals surface area contributed by atoms with Gasteiger partial charge in [-0.3, -0.25) is 4.79 Å². The average molecular weight is 455 g/mol. The molecule has 0 saturated carbocycles. The zero-order valence-electron chi connectivity index (χ0n) is 19.1. The highest BCUT2D eigenvalue weighted by atomic mass is 16.5. The number of methoxy groups -OCH3 is 1. The third kappa shape index (κ3) is 5.34. The summed E-state index contributed by atoms with van der Waals surface area (Å²) in [6.07, 6.45) is -0.385. The lowest BCUT2D eigenvalue weighted by Crippen LogP contribution is -2.57. The molecule has 0 radical (unpaired) electrons. The molecule has 33 heavy (non-hydrogen) atoms. The van der Waals surface area contributed by atoms with Crippen molar-refractivity contribution in [2.24, 2.45) is 0 Å². The van der Waals surface area contributed by atoms with E-state index in [1.807, 2.05) is 48.5 Å². The van der Waals surface area contributed by atoms with Crippen LogP contribution >= 0.6 is 0 Å². The Kier molecular flexibility index (Phi) is 7.71. The molecule has 0 aliphatic heterocycles. The van der Waals surface area contributed by atoms with E-state index >= 15 is 0 Å². The summed E-state index contributed by atoms with van der Waals surface area (Å²) in [6.45, 7) is 3.41.